The van der Waals surface area contributed by atoms with Crippen molar-refractivity contribution >= 4 is 5.69 Å². The van der Waals surface area contributed by atoms with Crippen molar-refractivity contribution in [2.24, 2.45) is 5.92 Å². The van der Waals surface area contributed by atoms with Crippen molar-refractivity contribution in [2.45, 2.75) is 51.5 Å². The Morgan fingerprint density at radius 1 is 1.00 bits per heavy atom. The Kier molecular flexibility index (Phi) is 4.45. The van der Waals surface area contributed by atoms with E-state index in [1.165, 1.54) is 87.2 Å². The van der Waals surface area contributed by atoms with Gasteiger partial charge in [-0.25, -0.2) is 0 Å². The van der Waals surface area contributed by atoms with E-state index in [1.54, 1.807) is 0 Å². The molecule has 0 atom stereocenters. The summed E-state index contributed by atoms with van der Waals surface area (Å²) in [7, 11) is 0. The molecule has 2 aromatic rings. The SMILES string of the molecule is c1ccc2c(c1)CCN2CC1CCN(Cc2noc3c2CCCC3)CC1. The predicted molar refractivity (Wildman–Crippen MR) is 104 cm³/mol. The Balaban J connectivity index is 1.15. The van der Waals surface area contributed by atoms with Crippen molar-refractivity contribution in [3.8, 4) is 0 Å². The highest BCUT2D eigenvalue weighted by Crippen LogP contribution is 2.31. The Morgan fingerprint density at radius 3 is 2.77 bits per heavy atom. The number of hydrogen-bond acceptors (Lipinski definition) is 4. The van der Waals surface area contributed by atoms with Gasteiger partial charge in [0.25, 0.3) is 0 Å². The van der Waals surface area contributed by atoms with Crippen molar-refractivity contribution in [3.63, 3.8) is 0 Å². The quantitative estimate of drug-likeness (QED) is 0.838. The molecule has 4 nitrogen and oxygen atoms in total. The standard InChI is InChI=1S/C22H29N3O/c1-3-7-21-18(5-1)11-14-25(21)15-17-9-12-24(13-10-17)16-20-19-6-2-4-8-22(19)26-23-20/h1,3,5,7,17H,2,4,6,8-16H2. The highest BCUT2D eigenvalue weighted by molar-refractivity contribution is 5.57. The van der Waals surface area contributed by atoms with Crippen LogP contribution in [0.25, 0.3) is 0 Å². The molecule has 0 saturated carbocycles. The zero-order chi connectivity index (χ0) is 17.3. The Hall–Kier alpha value is -1.81. The molecule has 26 heavy (non-hydrogen) atoms. The Labute approximate surface area is 156 Å². The molecule has 3 aliphatic rings. The molecule has 0 spiro atoms. The Bertz CT molecular complexity index is 760. The third-order valence-electron chi connectivity index (χ3n) is 6.57. The monoisotopic (exact) mass is 351 g/mol. The smallest absolute Gasteiger partial charge is 0.140 e. The van der Waals surface area contributed by atoms with E-state index in [-0.39, 0.29) is 0 Å². The van der Waals surface area contributed by atoms with Crippen LogP contribution < -0.4 is 4.90 Å². The number of anilines is 1. The number of rotatable bonds is 4. The van der Waals surface area contributed by atoms with E-state index in [4.69, 9.17) is 4.52 Å². The van der Waals surface area contributed by atoms with Gasteiger partial charge in [-0.05, 0) is 69.2 Å². The van der Waals surface area contributed by atoms with Gasteiger partial charge < -0.3 is 9.42 Å². The van der Waals surface area contributed by atoms with Crippen LogP contribution in [0.4, 0.5) is 5.69 Å². The molecule has 3 heterocycles. The number of hydrogen-bond donors (Lipinski definition) is 0. The molecule has 1 aromatic heterocycles. The largest absolute Gasteiger partial charge is 0.371 e. The van der Waals surface area contributed by atoms with Gasteiger partial charge in [-0.3, -0.25) is 4.90 Å². The second-order valence-electron chi connectivity index (χ2n) is 8.28. The van der Waals surface area contributed by atoms with Crippen LogP contribution in [0.1, 0.15) is 48.3 Å². The van der Waals surface area contributed by atoms with Crippen LogP contribution in [0.5, 0.6) is 0 Å². The van der Waals surface area contributed by atoms with Crippen molar-refractivity contribution < 1.29 is 4.52 Å². The minimum absolute atomic E-state index is 0.823. The number of likely N-dealkylation sites (tertiary alicyclic amines) is 1. The van der Waals surface area contributed by atoms with Crippen LogP contribution >= 0.6 is 0 Å². The minimum Gasteiger partial charge on any atom is -0.371 e. The number of para-hydroxylation sites is 1. The second-order valence-corrected chi connectivity index (χ2v) is 8.28. The highest BCUT2D eigenvalue weighted by Gasteiger charge is 2.27. The summed E-state index contributed by atoms with van der Waals surface area (Å²) < 4.78 is 5.59. The lowest BCUT2D eigenvalue weighted by Crippen LogP contribution is -2.38. The maximum Gasteiger partial charge on any atom is 0.140 e. The van der Waals surface area contributed by atoms with Crippen molar-refractivity contribution in [3.05, 3.63) is 46.8 Å². The minimum atomic E-state index is 0.823. The summed E-state index contributed by atoms with van der Waals surface area (Å²) in [4.78, 5) is 5.20. The normalized spacial score (nSPS) is 21.0. The van der Waals surface area contributed by atoms with E-state index >= 15 is 0 Å². The molecule has 1 saturated heterocycles. The fraction of sp³-hybridized carbons (Fsp3) is 0.591. The van der Waals surface area contributed by atoms with E-state index in [2.05, 4.69) is 39.2 Å². The number of nitrogens with zero attached hydrogens (tertiary/aromatic N) is 3. The average Bonchev–Trinajstić information content (AvgIpc) is 3.28. The fourth-order valence-electron chi connectivity index (χ4n) is 5.02. The van der Waals surface area contributed by atoms with Crippen molar-refractivity contribution in [2.75, 3.05) is 31.1 Å². The lowest BCUT2D eigenvalue weighted by atomic mass is 9.94. The second kappa shape index (κ2) is 7.07. The summed E-state index contributed by atoms with van der Waals surface area (Å²) in [6.45, 7) is 5.80. The number of fused-ring (bicyclic) bond motifs is 2. The Morgan fingerprint density at radius 2 is 1.85 bits per heavy atom. The molecule has 1 fully saturated rings. The van der Waals surface area contributed by atoms with E-state index in [0.717, 1.165) is 24.6 Å². The van der Waals surface area contributed by atoms with Gasteiger partial charge in [0.05, 0.1) is 0 Å². The van der Waals surface area contributed by atoms with E-state index in [1.807, 2.05) is 0 Å². The zero-order valence-corrected chi connectivity index (χ0v) is 15.6. The molecule has 138 valence electrons. The van der Waals surface area contributed by atoms with E-state index in [9.17, 15) is 0 Å². The lowest BCUT2D eigenvalue weighted by molar-refractivity contribution is 0.175. The van der Waals surface area contributed by atoms with Crippen LogP contribution in [-0.4, -0.2) is 36.2 Å². The molecule has 0 unspecified atom stereocenters. The first-order valence-corrected chi connectivity index (χ1v) is 10.4. The molecular formula is C22H29N3O. The topological polar surface area (TPSA) is 32.5 Å². The summed E-state index contributed by atoms with van der Waals surface area (Å²) >= 11 is 0. The van der Waals surface area contributed by atoms with Gasteiger partial charge in [0.2, 0.25) is 0 Å². The van der Waals surface area contributed by atoms with Gasteiger partial charge in [-0.15, -0.1) is 0 Å². The zero-order valence-electron chi connectivity index (χ0n) is 15.6. The summed E-state index contributed by atoms with van der Waals surface area (Å²) in [5.41, 5.74) is 5.64. The third kappa shape index (κ3) is 3.16. The maximum absolute atomic E-state index is 5.59. The number of piperidine rings is 1. The van der Waals surface area contributed by atoms with Crippen molar-refractivity contribution in [1.29, 1.82) is 0 Å². The predicted octanol–water partition coefficient (Wildman–Crippen LogP) is 3.83. The van der Waals surface area contributed by atoms with E-state index < -0.39 is 0 Å². The highest BCUT2D eigenvalue weighted by atomic mass is 16.5. The van der Waals surface area contributed by atoms with Gasteiger partial charge in [0, 0.05) is 37.3 Å². The number of benzene rings is 1. The summed E-state index contributed by atoms with van der Waals surface area (Å²) in [6, 6.07) is 8.93. The molecule has 4 heteroatoms. The summed E-state index contributed by atoms with van der Waals surface area (Å²) in [6.07, 6.45) is 8.62. The van der Waals surface area contributed by atoms with Crippen LogP contribution in [-0.2, 0) is 25.8 Å². The van der Waals surface area contributed by atoms with Crippen LogP contribution in [0.3, 0.4) is 0 Å². The van der Waals surface area contributed by atoms with Crippen LogP contribution in [0.15, 0.2) is 28.8 Å². The first kappa shape index (κ1) is 16.4. The van der Waals surface area contributed by atoms with Gasteiger partial charge in [-0.2, -0.15) is 0 Å². The van der Waals surface area contributed by atoms with Crippen LogP contribution in [0, 0.1) is 5.92 Å². The van der Waals surface area contributed by atoms with Gasteiger partial charge >= 0.3 is 0 Å². The fourth-order valence-corrected chi connectivity index (χ4v) is 5.02. The van der Waals surface area contributed by atoms with Crippen LogP contribution in [0.2, 0.25) is 0 Å². The summed E-state index contributed by atoms with van der Waals surface area (Å²) in [5.74, 6) is 1.98. The summed E-state index contributed by atoms with van der Waals surface area (Å²) in [5, 5.41) is 4.39. The molecule has 0 bridgehead atoms. The molecule has 0 N–H and O–H groups in total. The first-order chi connectivity index (χ1) is 12.9. The van der Waals surface area contributed by atoms with Gasteiger partial charge in [0.15, 0.2) is 0 Å². The number of aryl methyl sites for hydroxylation is 1. The lowest BCUT2D eigenvalue weighted by Gasteiger charge is -2.34. The average molecular weight is 351 g/mol. The maximum atomic E-state index is 5.59. The molecule has 2 aliphatic heterocycles. The van der Waals surface area contributed by atoms with E-state index in [0.29, 0.717) is 0 Å². The molecule has 1 aliphatic carbocycles. The third-order valence-corrected chi connectivity index (χ3v) is 6.57. The number of aromatic nitrogens is 1. The first-order valence-electron chi connectivity index (χ1n) is 10.4. The molecule has 0 amide bonds. The van der Waals surface area contributed by atoms with Gasteiger partial charge in [-0.1, -0.05) is 23.4 Å². The molecular weight excluding hydrogens is 322 g/mol. The van der Waals surface area contributed by atoms with Gasteiger partial charge in [0.1, 0.15) is 11.5 Å². The molecule has 0 radical (unpaired) electrons. The molecule has 1 aromatic carbocycles. The molecule has 5 rings (SSSR count). The van der Waals surface area contributed by atoms with Crippen molar-refractivity contribution in [1.82, 2.24) is 10.1 Å².